The highest BCUT2D eigenvalue weighted by Gasteiger charge is 2.32. The van der Waals surface area contributed by atoms with Crippen LogP contribution in [-0.2, 0) is 15.7 Å². The molecule has 0 radical (unpaired) electrons. The van der Waals surface area contributed by atoms with Crippen LogP contribution in [0.4, 0.5) is 18.9 Å². The van der Waals surface area contributed by atoms with E-state index < -0.39 is 11.7 Å². The molecule has 0 bridgehead atoms. The van der Waals surface area contributed by atoms with Crippen LogP contribution >= 0.6 is 12.4 Å². The van der Waals surface area contributed by atoms with Gasteiger partial charge in [0.05, 0.1) is 17.9 Å². The van der Waals surface area contributed by atoms with Gasteiger partial charge in [-0.05, 0) is 44.5 Å². The van der Waals surface area contributed by atoms with E-state index in [-0.39, 0.29) is 48.3 Å². The van der Waals surface area contributed by atoms with Crippen molar-refractivity contribution in [1.29, 1.82) is 0 Å². The minimum Gasteiger partial charge on any atom is -0.489 e. The zero-order valence-corrected chi connectivity index (χ0v) is 15.5. The first-order valence-corrected chi connectivity index (χ1v) is 8.18. The van der Waals surface area contributed by atoms with E-state index in [0.717, 1.165) is 12.1 Å². The molecule has 0 saturated carbocycles. The van der Waals surface area contributed by atoms with Crippen molar-refractivity contribution in [2.24, 2.45) is 5.92 Å². The number of benzene rings is 1. The number of hydrogen-bond acceptors (Lipinski definition) is 4. The largest absolute Gasteiger partial charge is 0.489 e. The molecule has 1 saturated heterocycles. The van der Waals surface area contributed by atoms with E-state index in [1.165, 1.54) is 13.2 Å². The van der Waals surface area contributed by atoms with Crippen molar-refractivity contribution in [3.05, 3.63) is 23.8 Å². The molecule has 0 spiro atoms. The number of methoxy groups -OCH3 is 1. The maximum Gasteiger partial charge on any atom is 0.416 e. The molecule has 2 N–H and O–H groups in total. The van der Waals surface area contributed by atoms with Crippen LogP contribution < -0.4 is 15.4 Å². The van der Waals surface area contributed by atoms with Crippen molar-refractivity contribution in [3.8, 4) is 5.75 Å². The van der Waals surface area contributed by atoms with E-state index in [1.54, 1.807) is 0 Å². The fourth-order valence-corrected chi connectivity index (χ4v) is 2.77. The van der Waals surface area contributed by atoms with Gasteiger partial charge in [0.1, 0.15) is 12.4 Å². The summed E-state index contributed by atoms with van der Waals surface area (Å²) < 4.78 is 49.2. The lowest BCUT2D eigenvalue weighted by atomic mass is 9.92. The third-order valence-corrected chi connectivity index (χ3v) is 4.10. The van der Waals surface area contributed by atoms with Gasteiger partial charge in [0.2, 0.25) is 5.91 Å². The van der Waals surface area contributed by atoms with Gasteiger partial charge in [-0.2, -0.15) is 13.2 Å². The highest BCUT2D eigenvalue weighted by Crippen LogP contribution is 2.35. The van der Waals surface area contributed by atoms with Crippen LogP contribution in [0.2, 0.25) is 0 Å². The Balaban J connectivity index is 0.00000338. The van der Waals surface area contributed by atoms with E-state index >= 15 is 0 Å². The molecule has 0 aromatic heterocycles. The number of ether oxygens (including phenoxy) is 2. The second-order valence-electron chi connectivity index (χ2n) is 6.12. The van der Waals surface area contributed by atoms with Gasteiger partial charge in [-0.25, -0.2) is 0 Å². The van der Waals surface area contributed by atoms with Crippen molar-refractivity contribution >= 4 is 24.0 Å². The number of hydrogen-bond donors (Lipinski definition) is 2. The average Bonchev–Trinajstić information content (AvgIpc) is 2.55. The van der Waals surface area contributed by atoms with Gasteiger partial charge in [-0.3, -0.25) is 4.79 Å². The molecular formula is C17H24ClF3N2O3. The number of halogens is 4. The molecule has 1 heterocycles. The molecule has 1 aliphatic rings. The maximum absolute atomic E-state index is 13.0. The molecule has 9 heteroatoms. The summed E-state index contributed by atoms with van der Waals surface area (Å²) in [7, 11) is 1.50. The van der Waals surface area contributed by atoms with Crippen molar-refractivity contribution in [2.45, 2.75) is 32.0 Å². The van der Waals surface area contributed by atoms with Gasteiger partial charge in [0, 0.05) is 19.1 Å². The topological polar surface area (TPSA) is 59.6 Å². The molecule has 1 aliphatic heterocycles. The number of nitrogens with one attached hydrogen (secondary N) is 2. The average molecular weight is 397 g/mol. The summed E-state index contributed by atoms with van der Waals surface area (Å²) in [6.45, 7) is 3.15. The summed E-state index contributed by atoms with van der Waals surface area (Å²) in [5.41, 5.74) is -0.803. The number of carbonyl (C=O) groups excluding carboxylic acids is 1. The molecule has 26 heavy (non-hydrogen) atoms. The Morgan fingerprint density at radius 3 is 2.69 bits per heavy atom. The SMILES string of the molecule is COCCOc1ccc(C(F)(F)F)cc1NC(=O)[C@H]1CCN[C@@H](C)C1.Cl. The molecule has 0 aliphatic carbocycles. The van der Waals surface area contributed by atoms with Crippen LogP contribution in [-0.4, -0.2) is 38.8 Å². The van der Waals surface area contributed by atoms with Crippen molar-refractivity contribution in [3.63, 3.8) is 0 Å². The zero-order valence-electron chi connectivity index (χ0n) is 14.7. The second-order valence-corrected chi connectivity index (χ2v) is 6.12. The van der Waals surface area contributed by atoms with Crippen LogP contribution in [0.3, 0.4) is 0 Å². The molecule has 1 aromatic carbocycles. The molecule has 2 rings (SSSR count). The first-order chi connectivity index (χ1) is 11.8. The lowest BCUT2D eigenvalue weighted by Gasteiger charge is -2.27. The lowest BCUT2D eigenvalue weighted by molar-refractivity contribution is -0.137. The molecular weight excluding hydrogens is 373 g/mol. The van der Waals surface area contributed by atoms with Crippen LogP contribution in [0.1, 0.15) is 25.3 Å². The van der Waals surface area contributed by atoms with Gasteiger partial charge < -0.3 is 20.1 Å². The van der Waals surface area contributed by atoms with Gasteiger partial charge in [-0.15, -0.1) is 12.4 Å². The van der Waals surface area contributed by atoms with Crippen LogP contribution in [0.5, 0.6) is 5.75 Å². The summed E-state index contributed by atoms with van der Waals surface area (Å²) in [5.74, 6) is -0.331. The lowest BCUT2D eigenvalue weighted by Crippen LogP contribution is -2.40. The smallest absolute Gasteiger partial charge is 0.416 e. The molecule has 5 nitrogen and oxygen atoms in total. The normalized spacial score (nSPS) is 20.2. The Hall–Kier alpha value is -1.51. The van der Waals surface area contributed by atoms with Crippen LogP contribution in [0, 0.1) is 5.92 Å². The Morgan fingerprint density at radius 1 is 1.35 bits per heavy atom. The number of rotatable bonds is 6. The fraction of sp³-hybridized carbons (Fsp3) is 0.588. The van der Waals surface area contributed by atoms with E-state index in [4.69, 9.17) is 9.47 Å². The molecule has 2 atom stereocenters. The summed E-state index contributed by atoms with van der Waals surface area (Å²) in [6, 6.07) is 3.26. The number of amides is 1. The summed E-state index contributed by atoms with van der Waals surface area (Å²) in [4.78, 5) is 12.5. The minimum absolute atomic E-state index is 0. The van der Waals surface area contributed by atoms with Crippen LogP contribution in [0.15, 0.2) is 18.2 Å². The van der Waals surface area contributed by atoms with Gasteiger partial charge in [-0.1, -0.05) is 0 Å². The van der Waals surface area contributed by atoms with E-state index in [0.29, 0.717) is 26.0 Å². The third kappa shape index (κ3) is 6.34. The number of anilines is 1. The fourth-order valence-electron chi connectivity index (χ4n) is 2.77. The Morgan fingerprint density at radius 2 is 2.08 bits per heavy atom. The predicted octanol–water partition coefficient (Wildman–Crippen LogP) is 3.48. The van der Waals surface area contributed by atoms with E-state index in [1.807, 2.05) is 6.92 Å². The number of carbonyl (C=O) groups is 1. The number of piperidine rings is 1. The van der Waals surface area contributed by atoms with E-state index in [9.17, 15) is 18.0 Å². The summed E-state index contributed by atoms with van der Waals surface area (Å²) in [5, 5.41) is 5.85. The van der Waals surface area contributed by atoms with Crippen molar-refractivity contribution in [1.82, 2.24) is 5.32 Å². The molecule has 1 fully saturated rings. The monoisotopic (exact) mass is 396 g/mol. The zero-order chi connectivity index (χ0) is 18.4. The number of alkyl halides is 3. The van der Waals surface area contributed by atoms with Gasteiger partial charge >= 0.3 is 6.18 Å². The van der Waals surface area contributed by atoms with E-state index in [2.05, 4.69) is 10.6 Å². The van der Waals surface area contributed by atoms with Crippen LogP contribution in [0.25, 0.3) is 0 Å². The second kappa shape index (κ2) is 9.99. The quantitative estimate of drug-likeness (QED) is 0.723. The highest BCUT2D eigenvalue weighted by atomic mass is 35.5. The predicted molar refractivity (Wildman–Crippen MR) is 94.9 cm³/mol. The van der Waals surface area contributed by atoms with Gasteiger partial charge in [0.15, 0.2) is 0 Å². The highest BCUT2D eigenvalue weighted by molar-refractivity contribution is 5.94. The summed E-state index contributed by atoms with van der Waals surface area (Å²) >= 11 is 0. The standard InChI is InChI=1S/C17H23F3N2O3.ClH/c1-11-9-12(5-6-21-11)16(23)22-14-10-13(17(18,19)20)3-4-15(14)25-8-7-24-2;/h3-4,10-12,21H,5-9H2,1-2H3,(H,22,23);1H/t11-,12-;/m0./s1. The first-order valence-electron chi connectivity index (χ1n) is 8.18. The maximum atomic E-state index is 13.0. The minimum atomic E-state index is -4.49. The Labute approximate surface area is 157 Å². The molecule has 0 unspecified atom stereocenters. The molecule has 1 amide bonds. The summed E-state index contributed by atoms with van der Waals surface area (Å²) in [6.07, 6.45) is -3.20. The van der Waals surface area contributed by atoms with Crippen molar-refractivity contribution in [2.75, 3.05) is 32.2 Å². The van der Waals surface area contributed by atoms with Gasteiger partial charge in [0.25, 0.3) is 0 Å². The van der Waals surface area contributed by atoms with Crippen molar-refractivity contribution < 1.29 is 27.4 Å². The Bertz CT molecular complexity index is 599. The Kier molecular flexibility index (Phi) is 8.66. The molecule has 148 valence electrons. The first kappa shape index (κ1) is 22.5. The third-order valence-electron chi connectivity index (χ3n) is 4.10. The molecule has 1 aromatic rings.